The molecule has 1 aromatic heterocycles. The molecule has 3 aromatic rings. The molecule has 0 radical (unpaired) electrons. The van der Waals surface area contributed by atoms with Crippen LogP contribution in [0.15, 0.2) is 60.0 Å². The number of aromatic nitrogens is 2. The second-order valence-electron chi connectivity index (χ2n) is 6.71. The first-order chi connectivity index (χ1) is 14.9. The van der Waals surface area contributed by atoms with Gasteiger partial charge >= 0.3 is 0 Å². The van der Waals surface area contributed by atoms with E-state index in [0.29, 0.717) is 27.4 Å². The van der Waals surface area contributed by atoms with Gasteiger partial charge < -0.3 is 10.2 Å². The molecule has 1 N–H and O–H groups in total. The Bertz CT molecular complexity index is 1070. The van der Waals surface area contributed by atoms with E-state index in [2.05, 4.69) is 10.3 Å². The van der Waals surface area contributed by atoms with E-state index in [1.165, 1.54) is 16.7 Å². The molecule has 0 aliphatic carbocycles. The van der Waals surface area contributed by atoms with Gasteiger partial charge in [-0.15, -0.1) is 0 Å². The molecule has 0 spiro atoms. The molecule has 31 heavy (non-hydrogen) atoms. The number of rotatable bonds is 8. The van der Waals surface area contributed by atoms with Gasteiger partial charge in [-0.25, -0.2) is 4.98 Å². The largest absolute Gasteiger partial charge is 0.333 e. The maximum atomic E-state index is 12.7. The van der Waals surface area contributed by atoms with Gasteiger partial charge in [-0.05, 0) is 37.6 Å². The smallest absolute Gasteiger partial charge is 0.244 e. The number of amides is 2. The van der Waals surface area contributed by atoms with Crippen LogP contribution in [-0.4, -0.2) is 45.1 Å². The Morgan fingerprint density at radius 3 is 2.52 bits per heavy atom. The van der Waals surface area contributed by atoms with Crippen LogP contribution in [-0.2, 0) is 9.59 Å². The van der Waals surface area contributed by atoms with Gasteiger partial charge in [0, 0.05) is 18.9 Å². The lowest BCUT2D eigenvalue weighted by molar-refractivity contribution is -0.132. The summed E-state index contributed by atoms with van der Waals surface area (Å²) < 4.78 is 1.95. The van der Waals surface area contributed by atoms with E-state index in [1.54, 1.807) is 24.4 Å². The van der Waals surface area contributed by atoms with Crippen molar-refractivity contribution in [1.29, 1.82) is 0 Å². The van der Waals surface area contributed by atoms with Gasteiger partial charge in [0.15, 0.2) is 5.16 Å². The zero-order chi connectivity index (χ0) is 22.4. The highest BCUT2D eigenvalue weighted by molar-refractivity contribution is 7.99. The lowest BCUT2D eigenvalue weighted by atomic mass is 10.2. The van der Waals surface area contributed by atoms with Gasteiger partial charge in [0.25, 0.3) is 0 Å². The number of aryl methyl sites for hydroxylation is 1. The van der Waals surface area contributed by atoms with E-state index >= 15 is 0 Å². The number of hydrogen-bond acceptors (Lipinski definition) is 4. The predicted octanol–water partition coefficient (Wildman–Crippen LogP) is 5.07. The minimum Gasteiger partial charge on any atom is -0.333 e. The zero-order valence-corrected chi connectivity index (χ0v) is 19.5. The molecule has 2 amide bonds. The van der Waals surface area contributed by atoms with Gasteiger partial charge in [0.1, 0.15) is 0 Å². The molecule has 3 rings (SSSR count). The summed E-state index contributed by atoms with van der Waals surface area (Å²) in [6.45, 7) is 4.16. The molecule has 0 saturated carbocycles. The van der Waals surface area contributed by atoms with Crippen LogP contribution in [0.4, 0.5) is 5.69 Å². The number of benzene rings is 2. The Hall–Kier alpha value is -2.48. The quantitative estimate of drug-likeness (QED) is 0.461. The number of para-hydroxylation sites is 2. The Balaban J connectivity index is 1.62. The van der Waals surface area contributed by atoms with E-state index in [4.69, 9.17) is 23.2 Å². The molecule has 0 unspecified atom stereocenters. The van der Waals surface area contributed by atoms with E-state index in [-0.39, 0.29) is 24.1 Å². The van der Waals surface area contributed by atoms with Crippen LogP contribution < -0.4 is 5.32 Å². The molecule has 6 nitrogen and oxygen atoms in total. The normalized spacial score (nSPS) is 10.7. The Kier molecular flexibility index (Phi) is 8.01. The topological polar surface area (TPSA) is 67.2 Å². The highest BCUT2D eigenvalue weighted by Gasteiger charge is 2.19. The third-order valence-electron chi connectivity index (χ3n) is 4.60. The summed E-state index contributed by atoms with van der Waals surface area (Å²) in [4.78, 5) is 31.1. The van der Waals surface area contributed by atoms with Crippen molar-refractivity contribution in [3.05, 3.63) is 70.5 Å². The minimum atomic E-state index is -0.364. The lowest BCUT2D eigenvalue weighted by Gasteiger charge is -2.20. The third-order valence-corrected chi connectivity index (χ3v) is 6.18. The summed E-state index contributed by atoms with van der Waals surface area (Å²) in [5.74, 6) is -0.361. The number of anilines is 1. The lowest BCUT2D eigenvalue weighted by Crippen LogP contribution is -2.39. The van der Waals surface area contributed by atoms with Crippen molar-refractivity contribution in [2.24, 2.45) is 0 Å². The Morgan fingerprint density at radius 1 is 1.13 bits per heavy atom. The van der Waals surface area contributed by atoms with Crippen LogP contribution >= 0.6 is 35.0 Å². The molecule has 0 bridgehead atoms. The van der Waals surface area contributed by atoms with Crippen molar-refractivity contribution in [1.82, 2.24) is 14.5 Å². The molecule has 1 heterocycles. The van der Waals surface area contributed by atoms with Crippen molar-refractivity contribution >= 4 is 52.5 Å². The molecular formula is C22H22Cl2N4O2S. The fraction of sp³-hybridized carbons (Fsp3) is 0.227. The minimum absolute atomic E-state index is 0.0936. The maximum absolute atomic E-state index is 12.7. The Labute approximate surface area is 195 Å². The van der Waals surface area contributed by atoms with E-state index in [0.717, 1.165) is 11.3 Å². The standard InChI is InChI=1S/C22H22Cl2N4O2S/c1-3-27(13-19(29)26-21-16(23)8-6-9-17(21)24)20(30)14-31-22-25-11-12-28(22)18-10-5-4-7-15(18)2/h4-12H,3,13-14H2,1-2H3,(H,26,29). The molecule has 0 atom stereocenters. The van der Waals surface area contributed by atoms with E-state index in [1.807, 2.05) is 48.9 Å². The number of likely N-dealkylation sites (N-methyl/N-ethyl adjacent to an activating group) is 1. The fourth-order valence-corrected chi connectivity index (χ4v) is 4.34. The predicted molar refractivity (Wildman–Crippen MR) is 126 cm³/mol. The number of carbonyl (C=O) groups excluding carboxylic acids is 2. The van der Waals surface area contributed by atoms with Crippen molar-refractivity contribution < 1.29 is 9.59 Å². The molecule has 0 aliphatic heterocycles. The zero-order valence-electron chi connectivity index (χ0n) is 17.1. The molecule has 0 aliphatic rings. The van der Waals surface area contributed by atoms with Gasteiger partial charge in [-0.3, -0.25) is 14.2 Å². The van der Waals surface area contributed by atoms with Gasteiger partial charge in [0.05, 0.1) is 33.7 Å². The average Bonchev–Trinajstić information content (AvgIpc) is 3.21. The number of halogens is 2. The first-order valence-electron chi connectivity index (χ1n) is 9.64. The number of thioether (sulfide) groups is 1. The second kappa shape index (κ2) is 10.7. The summed E-state index contributed by atoms with van der Waals surface area (Å²) in [5.41, 5.74) is 2.46. The first-order valence-corrected chi connectivity index (χ1v) is 11.4. The van der Waals surface area contributed by atoms with Crippen LogP contribution in [0.1, 0.15) is 12.5 Å². The monoisotopic (exact) mass is 476 g/mol. The summed E-state index contributed by atoms with van der Waals surface area (Å²) in [6, 6.07) is 12.9. The fourth-order valence-electron chi connectivity index (χ4n) is 2.98. The van der Waals surface area contributed by atoms with Crippen molar-refractivity contribution in [2.45, 2.75) is 19.0 Å². The molecule has 2 aromatic carbocycles. The van der Waals surface area contributed by atoms with Crippen molar-refractivity contribution in [3.63, 3.8) is 0 Å². The average molecular weight is 477 g/mol. The molecule has 0 saturated heterocycles. The van der Waals surface area contributed by atoms with Crippen LogP contribution in [0.2, 0.25) is 10.0 Å². The van der Waals surface area contributed by atoms with Gasteiger partial charge in [0.2, 0.25) is 11.8 Å². The maximum Gasteiger partial charge on any atom is 0.244 e. The second-order valence-corrected chi connectivity index (χ2v) is 8.46. The number of carbonyl (C=O) groups is 2. The Morgan fingerprint density at radius 2 is 1.84 bits per heavy atom. The number of nitrogens with one attached hydrogen (secondary N) is 1. The molecule has 162 valence electrons. The highest BCUT2D eigenvalue weighted by atomic mass is 35.5. The van der Waals surface area contributed by atoms with Crippen LogP contribution in [0.25, 0.3) is 5.69 Å². The number of nitrogens with zero attached hydrogens (tertiary/aromatic N) is 3. The van der Waals surface area contributed by atoms with E-state index < -0.39 is 0 Å². The molecule has 9 heteroatoms. The van der Waals surface area contributed by atoms with E-state index in [9.17, 15) is 9.59 Å². The van der Waals surface area contributed by atoms with Crippen molar-refractivity contribution in [3.8, 4) is 5.69 Å². The van der Waals surface area contributed by atoms with Gasteiger partial charge in [-0.2, -0.15) is 0 Å². The first kappa shape index (κ1) is 23.2. The SMILES string of the molecule is CCN(CC(=O)Nc1c(Cl)cccc1Cl)C(=O)CSc1nccn1-c1ccccc1C. The van der Waals surface area contributed by atoms with Crippen LogP contribution in [0, 0.1) is 6.92 Å². The summed E-state index contributed by atoms with van der Waals surface area (Å²) >= 11 is 13.5. The molecular weight excluding hydrogens is 455 g/mol. The molecule has 0 fully saturated rings. The van der Waals surface area contributed by atoms with Crippen molar-refractivity contribution in [2.75, 3.05) is 24.2 Å². The highest BCUT2D eigenvalue weighted by Crippen LogP contribution is 2.29. The summed E-state index contributed by atoms with van der Waals surface area (Å²) in [6.07, 6.45) is 3.57. The summed E-state index contributed by atoms with van der Waals surface area (Å²) in [5, 5.41) is 4.08. The van der Waals surface area contributed by atoms with Gasteiger partial charge in [-0.1, -0.05) is 59.2 Å². The summed E-state index contributed by atoms with van der Waals surface area (Å²) in [7, 11) is 0. The number of hydrogen-bond donors (Lipinski definition) is 1. The number of imidazole rings is 1. The van der Waals surface area contributed by atoms with Crippen LogP contribution in [0.3, 0.4) is 0 Å². The van der Waals surface area contributed by atoms with Crippen LogP contribution in [0.5, 0.6) is 0 Å². The third kappa shape index (κ3) is 5.81.